The Morgan fingerprint density at radius 3 is 2.44 bits per heavy atom. The van der Waals surface area contributed by atoms with Crippen LogP contribution in [0.4, 0.5) is 0 Å². The van der Waals surface area contributed by atoms with Gasteiger partial charge < -0.3 is 9.84 Å². The molecule has 16 heavy (non-hydrogen) atoms. The summed E-state index contributed by atoms with van der Waals surface area (Å²) in [4.78, 5) is 11.5. The van der Waals surface area contributed by atoms with E-state index in [1.165, 1.54) is 0 Å². The van der Waals surface area contributed by atoms with Gasteiger partial charge in [-0.2, -0.15) is 5.26 Å². The molecule has 0 aliphatic heterocycles. The standard InChI is InChI=1S/C12H19NO3/c1-2-16-11(15)10(14)12(9-13)7-5-3-4-6-8-12/h10,14H,2-8H2,1H3. The molecular formula is C12H19NO3. The number of carbonyl (C=O) groups is 1. The lowest BCUT2D eigenvalue weighted by Gasteiger charge is -2.28. The van der Waals surface area contributed by atoms with Crippen LogP contribution in [-0.2, 0) is 9.53 Å². The summed E-state index contributed by atoms with van der Waals surface area (Å²) in [5, 5.41) is 19.2. The fourth-order valence-corrected chi connectivity index (χ4v) is 2.25. The maximum absolute atomic E-state index is 11.5. The predicted octanol–water partition coefficient (Wildman–Crippen LogP) is 1.77. The van der Waals surface area contributed by atoms with Gasteiger partial charge in [0.15, 0.2) is 6.10 Å². The zero-order valence-electron chi connectivity index (χ0n) is 9.74. The molecule has 4 nitrogen and oxygen atoms in total. The molecule has 0 saturated heterocycles. The lowest BCUT2D eigenvalue weighted by Crippen LogP contribution is -2.40. The minimum atomic E-state index is -1.30. The van der Waals surface area contributed by atoms with Crippen molar-refractivity contribution in [3.05, 3.63) is 0 Å². The third-order valence-corrected chi connectivity index (χ3v) is 3.25. The largest absolute Gasteiger partial charge is 0.464 e. The fraction of sp³-hybridized carbons (Fsp3) is 0.833. The van der Waals surface area contributed by atoms with Gasteiger partial charge in [-0.05, 0) is 19.8 Å². The van der Waals surface area contributed by atoms with Crippen LogP contribution < -0.4 is 0 Å². The van der Waals surface area contributed by atoms with E-state index < -0.39 is 17.5 Å². The summed E-state index contributed by atoms with van der Waals surface area (Å²) in [6.45, 7) is 1.92. The van der Waals surface area contributed by atoms with Crippen molar-refractivity contribution in [3.8, 4) is 6.07 Å². The number of nitrogens with zero attached hydrogens (tertiary/aromatic N) is 1. The average molecular weight is 225 g/mol. The van der Waals surface area contributed by atoms with E-state index in [2.05, 4.69) is 6.07 Å². The quantitative estimate of drug-likeness (QED) is 0.587. The molecule has 0 aromatic carbocycles. The summed E-state index contributed by atoms with van der Waals surface area (Å²) < 4.78 is 4.78. The molecule has 1 fully saturated rings. The third kappa shape index (κ3) is 2.73. The zero-order valence-corrected chi connectivity index (χ0v) is 9.74. The first kappa shape index (κ1) is 13.0. The zero-order chi connectivity index (χ0) is 12.0. The van der Waals surface area contributed by atoms with Gasteiger partial charge in [-0.1, -0.05) is 25.7 Å². The molecule has 90 valence electrons. The van der Waals surface area contributed by atoms with Crippen molar-refractivity contribution in [1.29, 1.82) is 5.26 Å². The van der Waals surface area contributed by atoms with Crippen LogP contribution in [0.5, 0.6) is 0 Å². The van der Waals surface area contributed by atoms with Crippen molar-refractivity contribution in [2.45, 2.75) is 51.6 Å². The minimum Gasteiger partial charge on any atom is -0.464 e. The Kier molecular flexibility index (Phi) is 4.75. The summed E-state index contributed by atoms with van der Waals surface area (Å²) in [6.07, 6.45) is 3.80. The van der Waals surface area contributed by atoms with Crippen LogP contribution in [-0.4, -0.2) is 23.8 Å². The van der Waals surface area contributed by atoms with Gasteiger partial charge in [0.25, 0.3) is 0 Å². The van der Waals surface area contributed by atoms with Gasteiger partial charge in [-0.15, -0.1) is 0 Å². The van der Waals surface area contributed by atoms with Crippen molar-refractivity contribution >= 4 is 5.97 Å². The first-order valence-corrected chi connectivity index (χ1v) is 5.92. The van der Waals surface area contributed by atoms with Crippen LogP contribution in [0.25, 0.3) is 0 Å². The highest BCUT2D eigenvalue weighted by molar-refractivity contribution is 5.76. The van der Waals surface area contributed by atoms with Crippen LogP contribution in [0.15, 0.2) is 0 Å². The number of carbonyl (C=O) groups excluding carboxylic acids is 1. The molecule has 0 radical (unpaired) electrons. The van der Waals surface area contributed by atoms with Gasteiger partial charge >= 0.3 is 5.97 Å². The molecule has 0 amide bonds. The molecule has 0 spiro atoms. The number of aliphatic hydroxyl groups excluding tert-OH is 1. The maximum atomic E-state index is 11.5. The molecule has 1 unspecified atom stereocenters. The van der Waals surface area contributed by atoms with E-state index in [1.54, 1.807) is 6.92 Å². The second kappa shape index (κ2) is 5.86. The lowest BCUT2D eigenvalue weighted by atomic mass is 9.77. The van der Waals surface area contributed by atoms with Crippen LogP contribution >= 0.6 is 0 Å². The van der Waals surface area contributed by atoms with Crippen LogP contribution in [0.2, 0.25) is 0 Å². The molecule has 1 atom stereocenters. The monoisotopic (exact) mass is 225 g/mol. The SMILES string of the molecule is CCOC(=O)C(O)C1(C#N)CCCCCC1. The lowest BCUT2D eigenvalue weighted by molar-refractivity contribution is -0.159. The molecule has 1 rings (SSSR count). The Morgan fingerprint density at radius 2 is 2.00 bits per heavy atom. The Bertz CT molecular complexity index is 274. The molecule has 1 aliphatic carbocycles. The number of esters is 1. The first-order chi connectivity index (χ1) is 7.66. The van der Waals surface area contributed by atoms with Crippen molar-refractivity contribution in [1.82, 2.24) is 0 Å². The maximum Gasteiger partial charge on any atom is 0.336 e. The van der Waals surface area contributed by atoms with E-state index in [-0.39, 0.29) is 6.61 Å². The Balaban J connectivity index is 2.77. The number of rotatable bonds is 3. The van der Waals surface area contributed by atoms with Gasteiger partial charge in [0.05, 0.1) is 18.1 Å². The first-order valence-electron chi connectivity index (χ1n) is 5.92. The summed E-state index contributed by atoms with van der Waals surface area (Å²) >= 11 is 0. The van der Waals surface area contributed by atoms with Crippen LogP contribution in [0, 0.1) is 16.7 Å². The highest BCUT2D eigenvalue weighted by Crippen LogP contribution is 2.38. The second-order valence-corrected chi connectivity index (χ2v) is 4.34. The van der Waals surface area contributed by atoms with E-state index in [4.69, 9.17) is 4.74 Å². The molecule has 4 heteroatoms. The summed E-state index contributed by atoms with van der Waals surface area (Å²) in [7, 11) is 0. The van der Waals surface area contributed by atoms with Crippen LogP contribution in [0.1, 0.15) is 45.4 Å². The van der Waals surface area contributed by atoms with E-state index >= 15 is 0 Å². The van der Waals surface area contributed by atoms with Crippen molar-refractivity contribution in [2.24, 2.45) is 5.41 Å². The van der Waals surface area contributed by atoms with Crippen molar-refractivity contribution < 1.29 is 14.6 Å². The van der Waals surface area contributed by atoms with Crippen LogP contribution in [0.3, 0.4) is 0 Å². The highest BCUT2D eigenvalue weighted by Gasteiger charge is 2.43. The van der Waals surface area contributed by atoms with E-state index in [1.807, 2.05) is 0 Å². The van der Waals surface area contributed by atoms with E-state index in [9.17, 15) is 15.2 Å². The Hall–Kier alpha value is -1.08. The molecule has 1 saturated carbocycles. The van der Waals surface area contributed by atoms with Gasteiger partial charge in [0, 0.05) is 0 Å². The molecule has 0 aromatic rings. The normalized spacial score (nSPS) is 21.6. The number of ether oxygens (including phenoxy) is 1. The highest BCUT2D eigenvalue weighted by atomic mass is 16.5. The molecule has 1 aliphatic rings. The average Bonchev–Trinajstić information content (AvgIpc) is 2.54. The third-order valence-electron chi connectivity index (χ3n) is 3.25. The Labute approximate surface area is 96.2 Å². The molecule has 1 N–H and O–H groups in total. The predicted molar refractivity (Wildman–Crippen MR) is 58.4 cm³/mol. The van der Waals surface area contributed by atoms with Crippen molar-refractivity contribution in [2.75, 3.05) is 6.61 Å². The summed E-state index contributed by atoms with van der Waals surface area (Å²) in [5.41, 5.74) is -0.928. The molecular weight excluding hydrogens is 206 g/mol. The van der Waals surface area contributed by atoms with Gasteiger partial charge in [-0.3, -0.25) is 0 Å². The van der Waals surface area contributed by atoms with Crippen molar-refractivity contribution in [3.63, 3.8) is 0 Å². The van der Waals surface area contributed by atoms with E-state index in [0.717, 1.165) is 25.7 Å². The topological polar surface area (TPSA) is 70.3 Å². The summed E-state index contributed by atoms with van der Waals surface area (Å²) in [6, 6.07) is 2.15. The number of hydrogen-bond acceptors (Lipinski definition) is 4. The molecule has 0 bridgehead atoms. The Morgan fingerprint density at radius 1 is 1.44 bits per heavy atom. The van der Waals surface area contributed by atoms with Gasteiger partial charge in [0.2, 0.25) is 0 Å². The second-order valence-electron chi connectivity index (χ2n) is 4.34. The van der Waals surface area contributed by atoms with Gasteiger partial charge in [-0.25, -0.2) is 4.79 Å². The summed E-state index contributed by atoms with van der Waals surface area (Å²) in [5.74, 6) is -0.661. The number of hydrogen-bond donors (Lipinski definition) is 1. The van der Waals surface area contributed by atoms with E-state index in [0.29, 0.717) is 12.8 Å². The smallest absolute Gasteiger partial charge is 0.336 e. The molecule has 0 heterocycles. The number of aliphatic hydroxyl groups is 1. The molecule has 0 aromatic heterocycles. The number of nitriles is 1. The van der Waals surface area contributed by atoms with Gasteiger partial charge in [0.1, 0.15) is 0 Å². The minimum absolute atomic E-state index is 0.234. The fourth-order valence-electron chi connectivity index (χ4n) is 2.25.